The first-order valence-electron chi connectivity index (χ1n) is 13.9. The lowest BCUT2D eigenvalue weighted by atomic mass is 9.98. The molecule has 0 bridgehead atoms. The van der Waals surface area contributed by atoms with Gasteiger partial charge >= 0.3 is 0 Å². The van der Waals surface area contributed by atoms with E-state index < -0.39 is 0 Å². The average Bonchev–Trinajstić information content (AvgIpc) is 3.70. The molecule has 9 rings (SSSR count). The number of fused-ring (bicyclic) bond motifs is 8. The Morgan fingerprint density at radius 2 is 1.07 bits per heavy atom. The van der Waals surface area contributed by atoms with Crippen molar-refractivity contribution < 1.29 is 4.42 Å². The molecule has 0 aliphatic carbocycles. The normalized spacial score (nSPS) is 11.9. The van der Waals surface area contributed by atoms with Crippen LogP contribution in [0.25, 0.3) is 81.1 Å². The first-order chi connectivity index (χ1) is 20.3. The molecule has 0 aliphatic heterocycles. The van der Waals surface area contributed by atoms with Gasteiger partial charge in [0, 0.05) is 36.6 Å². The number of benzene rings is 6. The molecular weight excluding hydrogens is 518 g/mol. The molecule has 0 aliphatic rings. The fourth-order valence-electron chi connectivity index (χ4n) is 6.26. The molecule has 0 N–H and O–H groups in total. The summed E-state index contributed by atoms with van der Waals surface area (Å²) in [6.07, 6.45) is 0. The first kappa shape index (κ1) is 22.7. The molecule has 0 spiro atoms. The Morgan fingerprint density at radius 1 is 0.463 bits per heavy atom. The topological polar surface area (TPSA) is 18.1 Å². The smallest absolute Gasteiger partial charge is 0.161 e. The summed E-state index contributed by atoms with van der Waals surface area (Å²) in [5.41, 5.74) is 10.1. The van der Waals surface area contributed by atoms with Gasteiger partial charge in [0.05, 0.1) is 5.52 Å². The van der Waals surface area contributed by atoms with Crippen molar-refractivity contribution in [1.29, 1.82) is 0 Å². The highest BCUT2D eigenvalue weighted by molar-refractivity contribution is 7.25. The minimum atomic E-state index is 0.905. The van der Waals surface area contributed by atoms with Gasteiger partial charge in [-0.25, -0.2) is 0 Å². The number of para-hydroxylation sites is 2. The molecule has 2 nitrogen and oxygen atoms in total. The molecule has 3 aromatic heterocycles. The summed E-state index contributed by atoms with van der Waals surface area (Å²) in [5.74, 6) is 0. The van der Waals surface area contributed by atoms with Crippen molar-refractivity contribution in [2.24, 2.45) is 0 Å². The second-order valence-electron chi connectivity index (χ2n) is 10.6. The number of hydrogen-bond donors (Lipinski definition) is 0. The highest BCUT2D eigenvalue weighted by Crippen LogP contribution is 2.41. The Morgan fingerprint density at radius 3 is 1.88 bits per heavy atom. The van der Waals surface area contributed by atoms with Crippen molar-refractivity contribution in [2.45, 2.75) is 0 Å². The number of hydrogen-bond acceptors (Lipinski definition) is 2. The maximum atomic E-state index is 6.47. The fourth-order valence-corrected chi connectivity index (χ4v) is 7.34. The van der Waals surface area contributed by atoms with Crippen LogP contribution in [0, 0.1) is 0 Å². The van der Waals surface area contributed by atoms with E-state index >= 15 is 0 Å². The lowest BCUT2D eigenvalue weighted by molar-refractivity contribution is 0.673. The summed E-state index contributed by atoms with van der Waals surface area (Å²) < 4.78 is 11.5. The van der Waals surface area contributed by atoms with Gasteiger partial charge in [-0.2, -0.15) is 0 Å². The Bertz CT molecular complexity index is 2410. The van der Waals surface area contributed by atoms with Crippen LogP contribution >= 0.6 is 11.3 Å². The molecule has 0 saturated heterocycles. The van der Waals surface area contributed by atoms with Crippen LogP contribution in [0.15, 0.2) is 144 Å². The van der Waals surface area contributed by atoms with E-state index in [1.165, 1.54) is 42.4 Å². The summed E-state index contributed by atoms with van der Waals surface area (Å²) in [6.45, 7) is 0. The lowest BCUT2D eigenvalue weighted by Crippen LogP contribution is -1.92. The largest absolute Gasteiger partial charge is 0.454 e. The molecular formula is C38H23NOS. The van der Waals surface area contributed by atoms with Gasteiger partial charge in [0.2, 0.25) is 0 Å². The van der Waals surface area contributed by atoms with Gasteiger partial charge in [0.1, 0.15) is 11.1 Å². The van der Waals surface area contributed by atoms with Crippen LogP contribution in [0.2, 0.25) is 0 Å². The van der Waals surface area contributed by atoms with E-state index in [-0.39, 0.29) is 0 Å². The third-order valence-corrected chi connectivity index (χ3v) is 9.37. The van der Waals surface area contributed by atoms with Gasteiger partial charge < -0.3 is 8.98 Å². The highest BCUT2D eigenvalue weighted by atomic mass is 32.1. The Kier molecular flexibility index (Phi) is 4.80. The van der Waals surface area contributed by atoms with E-state index in [0.717, 1.165) is 38.7 Å². The summed E-state index contributed by atoms with van der Waals surface area (Å²) in [4.78, 5) is 0. The number of aromatic nitrogens is 1. The van der Waals surface area contributed by atoms with Crippen LogP contribution in [0.4, 0.5) is 0 Å². The fraction of sp³-hybridized carbons (Fsp3) is 0. The molecule has 0 fully saturated rings. The average molecular weight is 542 g/mol. The summed E-state index contributed by atoms with van der Waals surface area (Å²) in [7, 11) is 0. The first-order valence-corrected chi connectivity index (χ1v) is 14.7. The van der Waals surface area contributed by atoms with Crippen LogP contribution in [0.5, 0.6) is 0 Å². The number of furan rings is 1. The van der Waals surface area contributed by atoms with Gasteiger partial charge in [-0.3, -0.25) is 0 Å². The molecule has 0 amide bonds. The van der Waals surface area contributed by atoms with Crippen molar-refractivity contribution in [3.63, 3.8) is 0 Å². The third-order valence-electron chi connectivity index (χ3n) is 8.22. The molecule has 192 valence electrons. The van der Waals surface area contributed by atoms with Crippen LogP contribution < -0.4 is 0 Å². The van der Waals surface area contributed by atoms with Gasteiger partial charge in [0.15, 0.2) is 5.58 Å². The maximum absolute atomic E-state index is 6.47. The van der Waals surface area contributed by atoms with Crippen molar-refractivity contribution in [2.75, 3.05) is 0 Å². The molecule has 6 aromatic carbocycles. The second kappa shape index (κ2) is 8.69. The van der Waals surface area contributed by atoms with E-state index in [0.29, 0.717) is 0 Å². The molecule has 0 saturated carbocycles. The molecule has 41 heavy (non-hydrogen) atoms. The third kappa shape index (κ3) is 3.43. The zero-order valence-corrected chi connectivity index (χ0v) is 22.9. The monoisotopic (exact) mass is 541 g/mol. The van der Waals surface area contributed by atoms with Crippen molar-refractivity contribution in [3.8, 4) is 27.9 Å². The minimum Gasteiger partial charge on any atom is -0.454 e. The van der Waals surface area contributed by atoms with Gasteiger partial charge in [-0.05, 0) is 76.9 Å². The van der Waals surface area contributed by atoms with E-state index in [4.69, 9.17) is 4.42 Å². The van der Waals surface area contributed by atoms with E-state index in [2.05, 4.69) is 144 Å². The standard InChI is InChI=1S/C38H23NOS/c1-2-8-28(9-3-1)39-33-12-6-4-11-30(33)38-37(39)32-23-26(18-20-34(32)40-38)24-14-16-25(17-15-24)27-19-21-36-31(22-27)29-10-5-7-13-35(29)41-36/h1-23H. The molecule has 0 unspecified atom stereocenters. The predicted molar refractivity (Wildman–Crippen MR) is 174 cm³/mol. The van der Waals surface area contributed by atoms with Crippen LogP contribution in [0.3, 0.4) is 0 Å². The Balaban J connectivity index is 1.17. The van der Waals surface area contributed by atoms with Crippen LogP contribution in [-0.2, 0) is 0 Å². The number of nitrogens with zero attached hydrogens (tertiary/aromatic N) is 1. The van der Waals surface area contributed by atoms with Crippen molar-refractivity contribution in [1.82, 2.24) is 4.57 Å². The summed E-state index contributed by atoms with van der Waals surface area (Å²) in [5, 5.41) is 4.91. The minimum absolute atomic E-state index is 0.905. The van der Waals surface area contributed by atoms with Crippen LogP contribution in [0.1, 0.15) is 0 Å². The second-order valence-corrected chi connectivity index (χ2v) is 11.6. The molecule has 9 aromatic rings. The molecule has 3 heteroatoms. The van der Waals surface area contributed by atoms with Gasteiger partial charge in [-0.1, -0.05) is 84.9 Å². The Labute approximate surface area is 240 Å². The predicted octanol–water partition coefficient (Wildman–Crippen LogP) is 11.2. The SMILES string of the molecule is c1ccc(-n2c3ccccc3c3oc4ccc(-c5ccc(-c6ccc7sc8ccccc8c7c6)cc5)cc4c32)cc1. The maximum Gasteiger partial charge on any atom is 0.161 e. The van der Waals surface area contributed by atoms with E-state index in [1.807, 2.05) is 11.3 Å². The number of thiophene rings is 1. The van der Waals surface area contributed by atoms with Crippen molar-refractivity contribution in [3.05, 3.63) is 140 Å². The summed E-state index contributed by atoms with van der Waals surface area (Å²) >= 11 is 1.86. The molecule has 3 heterocycles. The zero-order chi connectivity index (χ0) is 26.9. The van der Waals surface area contributed by atoms with Crippen LogP contribution in [-0.4, -0.2) is 4.57 Å². The van der Waals surface area contributed by atoms with Gasteiger partial charge in [0.25, 0.3) is 0 Å². The van der Waals surface area contributed by atoms with E-state index in [1.54, 1.807) is 0 Å². The zero-order valence-electron chi connectivity index (χ0n) is 22.0. The van der Waals surface area contributed by atoms with Gasteiger partial charge in [-0.15, -0.1) is 11.3 Å². The molecule has 0 atom stereocenters. The summed E-state index contributed by atoms with van der Waals surface area (Å²) in [6, 6.07) is 50.0. The number of rotatable bonds is 3. The van der Waals surface area contributed by atoms with E-state index in [9.17, 15) is 0 Å². The van der Waals surface area contributed by atoms with Crippen molar-refractivity contribution >= 4 is 64.5 Å². The Hall–Kier alpha value is -5.12. The quantitative estimate of drug-likeness (QED) is 0.217. The molecule has 0 radical (unpaired) electrons. The highest BCUT2D eigenvalue weighted by Gasteiger charge is 2.19. The lowest BCUT2D eigenvalue weighted by Gasteiger charge is -2.08.